The first-order chi connectivity index (χ1) is 14.5. The van der Waals surface area contributed by atoms with Gasteiger partial charge in [-0.05, 0) is 36.8 Å². The quantitative estimate of drug-likeness (QED) is 0.671. The second kappa shape index (κ2) is 7.76. The number of nitrogens with two attached hydrogens (primary N) is 1. The van der Waals surface area contributed by atoms with Gasteiger partial charge < -0.3 is 15.4 Å². The Labute approximate surface area is 172 Å². The van der Waals surface area contributed by atoms with Crippen molar-refractivity contribution < 1.29 is 18.3 Å². The van der Waals surface area contributed by atoms with Crippen molar-refractivity contribution in [2.75, 3.05) is 13.6 Å². The standard InChI is InChI=1S/C22H20F2N4O2/c1-3-16-20-26-15-10-9-13(6-5-11-25)12-17(15)28(20)19-14(21(29)27(16)2)7-4-8-18(19)30-22(23)24/h4,7-10,12,16,22H,3,11,25H2,1-2H3/t16-/m1/s1. The minimum absolute atomic E-state index is 0.0833. The number of nitrogens with zero attached hydrogens (tertiary/aromatic N) is 3. The van der Waals surface area contributed by atoms with Crippen LogP contribution >= 0.6 is 0 Å². The number of ether oxygens (including phenoxy) is 1. The molecule has 0 aliphatic carbocycles. The fourth-order valence-corrected chi connectivity index (χ4v) is 3.86. The average molecular weight is 410 g/mol. The number of fused-ring (bicyclic) bond motifs is 5. The van der Waals surface area contributed by atoms with Crippen molar-refractivity contribution in [2.24, 2.45) is 5.73 Å². The largest absolute Gasteiger partial charge is 0.433 e. The first-order valence-corrected chi connectivity index (χ1v) is 9.53. The Hall–Kier alpha value is -3.44. The fourth-order valence-electron chi connectivity index (χ4n) is 3.86. The molecule has 6 nitrogen and oxygen atoms in total. The van der Waals surface area contributed by atoms with Gasteiger partial charge in [-0.1, -0.05) is 24.8 Å². The molecule has 3 aromatic rings. The third-order valence-electron chi connectivity index (χ3n) is 5.16. The van der Waals surface area contributed by atoms with Crippen LogP contribution in [0.2, 0.25) is 0 Å². The summed E-state index contributed by atoms with van der Waals surface area (Å²) in [7, 11) is 1.69. The third-order valence-corrected chi connectivity index (χ3v) is 5.16. The molecular formula is C22H20F2N4O2. The van der Waals surface area contributed by atoms with Crippen LogP contribution < -0.4 is 10.5 Å². The highest BCUT2D eigenvalue weighted by molar-refractivity contribution is 6.00. The van der Waals surface area contributed by atoms with Crippen molar-refractivity contribution in [1.29, 1.82) is 0 Å². The summed E-state index contributed by atoms with van der Waals surface area (Å²) in [4.78, 5) is 19.5. The maximum absolute atomic E-state index is 13.2. The number of amides is 1. The van der Waals surface area contributed by atoms with E-state index in [9.17, 15) is 13.6 Å². The topological polar surface area (TPSA) is 73.4 Å². The highest BCUT2D eigenvalue weighted by atomic mass is 19.3. The zero-order valence-corrected chi connectivity index (χ0v) is 16.5. The molecule has 8 heteroatoms. The summed E-state index contributed by atoms with van der Waals surface area (Å²) in [5.41, 5.74) is 8.03. The van der Waals surface area contributed by atoms with Crippen LogP contribution in [0.4, 0.5) is 8.78 Å². The van der Waals surface area contributed by atoms with E-state index in [1.54, 1.807) is 22.6 Å². The number of imidazole rings is 1. The molecule has 154 valence electrons. The number of hydrogen-bond donors (Lipinski definition) is 1. The van der Waals surface area contributed by atoms with E-state index in [0.717, 1.165) is 0 Å². The Morgan fingerprint density at radius 1 is 1.30 bits per heavy atom. The number of rotatable bonds is 3. The van der Waals surface area contributed by atoms with Crippen molar-refractivity contribution in [1.82, 2.24) is 14.5 Å². The van der Waals surface area contributed by atoms with Crippen molar-refractivity contribution >= 4 is 16.9 Å². The molecule has 1 aliphatic heterocycles. The van der Waals surface area contributed by atoms with Crippen LogP contribution in [0.25, 0.3) is 16.7 Å². The zero-order chi connectivity index (χ0) is 21.4. The summed E-state index contributed by atoms with van der Waals surface area (Å²) < 4.78 is 32.8. The van der Waals surface area contributed by atoms with Gasteiger partial charge in [-0.3, -0.25) is 9.36 Å². The molecule has 0 spiro atoms. The molecule has 2 heterocycles. The molecule has 1 aliphatic rings. The number of halogens is 2. The highest BCUT2D eigenvalue weighted by Gasteiger charge is 2.35. The van der Waals surface area contributed by atoms with Gasteiger partial charge in [-0.2, -0.15) is 8.78 Å². The number of hydrogen-bond acceptors (Lipinski definition) is 4. The highest BCUT2D eigenvalue weighted by Crippen LogP contribution is 2.40. The smallest absolute Gasteiger partial charge is 0.387 e. The van der Waals surface area contributed by atoms with Gasteiger partial charge in [0.15, 0.2) is 5.75 Å². The molecule has 4 rings (SSSR count). The lowest BCUT2D eigenvalue weighted by Gasteiger charge is -2.24. The van der Waals surface area contributed by atoms with E-state index in [-0.39, 0.29) is 35.5 Å². The van der Waals surface area contributed by atoms with Gasteiger partial charge in [0.25, 0.3) is 5.91 Å². The molecule has 1 atom stereocenters. The van der Waals surface area contributed by atoms with Crippen LogP contribution in [0.5, 0.6) is 5.75 Å². The number of benzene rings is 2. The van der Waals surface area contributed by atoms with E-state index in [1.165, 1.54) is 12.1 Å². The van der Waals surface area contributed by atoms with Gasteiger partial charge in [0, 0.05) is 12.6 Å². The lowest BCUT2D eigenvalue weighted by Crippen LogP contribution is -2.30. The molecule has 1 aromatic heterocycles. The van der Waals surface area contributed by atoms with E-state index >= 15 is 0 Å². The number of carbonyl (C=O) groups excluding carboxylic acids is 1. The Kier molecular flexibility index (Phi) is 5.14. The summed E-state index contributed by atoms with van der Waals surface area (Å²) in [5.74, 6) is 6.00. The molecule has 30 heavy (non-hydrogen) atoms. The molecule has 0 unspecified atom stereocenters. The molecule has 0 radical (unpaired) electrons. The van der Waals surface area contributed by atoms with E-state index in [0.29, 0.717) is 28.8 Å². The predicted molar refractivity (Wildman–Crippen MR) is 109 cm³/mol. The molecule has 0 bridgehead atoms. The average Bonchev–Trinajstić information content (AvgIpc) is 3.05. The van der Waals surface area contributed by atoms with Gasteiger partial charge in [-0.15, -0.1) is 0 Å². The SMILES string of the molecule is CC[C@@H]1c2nc3ccc(C#CCN)cc3n2-c2c(OC(F)F)cccc2C(=O)N1C. The summed E-state index contributed by atoms with van der Waals surface area (Å²) in [5, 5.41) is 0. The maximum atomic E-state index is 13.2. The Bertz CT molecular complexity index is 1190. The van der Waals surface area contributed by atoms with Gasteiger partial charge in [0.2, 0.25) is 0 Å². The van der Waals surface area contributed by atoms with Crippen LogP contribution in [-0.2, 0) is 0 Å². The van der Waals surface area contributed by atoms with E-state index in [1.807, 2.05) is 25.1 Å². The van der Waals surface area contributed by atoms with Crippen LogP contribution in [0.3, 0.4) is 0 Å². The van der Waals surface area contributed by atoms with Gasteiger partial charge >= 0.3 is 6.61 Å². The minimum atomic E-state index is -3.03. The number of carbonyl (C=O) groups is 1. The molecule has 2 N–H and O–H groups in total. The lowest BCUT2D eigenvalue weighted by molar-refractivity contribution is -0.0498. The van der Waals surface area contributed by atoms with Gasteiger partial charge in [-0.25, -0.2) is 4.98 Å². The number of alkyl halides is 2. The van der Waals surface area contributed by atoms with E-state index < -0.39 is 6.61 Å². The summed E-state index contributed by atoms with van der Waals surface area (Å²) in [6.45, 7) is -0.864. The molecular weight excluding hydrogens is 390 g/mol. The van der Waals surface area contributed by atoms with Crippen molar-refractivity contribution in [2.45, 2.75) is 26.0 Å². The van der Waals surface area contributed by atoms with Crippen molar-refractivity contribution in [3.05, 3.63) is 53.3 Å². The van der Waals surface area contributed by atoms with Crippen LogP contribution in [-0.4, -0.2) is 40.6 Å². The van der Waals surface area contributed by atoms with Crippen molar-refractivity contribution in [3.63, 3.8) is 0 Å². The fraction of sp³-hybridized carbons (Fsp3) is 0.273. The monoisotopic (exact) mass is 410 g/mol. The first-order valence-electron chi connectivity index (χ1n) is 9.53. The summed E-state index contributed by atoms with van der Waals surface area (Å²) >= 11 is 0. The Balaban J connectivity index is 2.10. The second-order valence-corrected chi connectivity index (χ2v) is 6.89. The third kappa shape index (κ3) is 3.17. The van der Waals surface area contributed by atoms with Gasteiger partial charge in [0.1, 0.15) is 11.5 Å². The first kappa shape index (κ1) is 19.9. The molecule has 0 saturated heterocycles. The van der Waals surface area contributed by atoms with Gasteiger partial charge in [0.05, 0.1) is 29.2 Å². The Morgan fingerprint density at radius 2 is 2.10 bits per heavy atom. The number of para-hydroxylation sites is 1. The number of aromatic nitrogens is 2. The molecule has 1 amide bonds. The van der Waals surface area contributed by atoms with Crippen molar-refractivity contribution in [3.8, 4) is 23.3 Å². The van der Waals surface area contributed by atoms with Crippen LogP contribution in [0.1, 0.15) is 41.1 Å². The van der Waals surface area contributed by atoms with E-state index in [4.69, 9.17) is 15.5 Å². The van der Waals surface area contributed by atoms with Crippen LogP contribution in [0.15, 0.2) is 36.4 Å². The van der Waals surface area contributed by atoms with Crippen LogP contribution in [0, 0.1) is 11.8 Å². The molecule has 2 aromatic carbocycles. The minimum Gasteiger partial charge on any atom is -0.433 e. The Morgan fingerprint density at radius 3 is 2.80 bits per heavy atom. The summed E-state index contributed by atoms with van der Waals surface area (Å²) in [6.07, 6.45) is 0.602. The predicted octanol–water partition coefficient (Wildman–Crippen LogP) is 3.47. The van der Waals surface area contributed by atoms with E-state index in [2.05, 4.69) is 11.8 Å². The second-order valence-electron chi connectivity index (χ2n) is 6.89. The normalized spacial score (nSPS) is 15.5. The molecule has 0 fully saturated rings. The maximum Gasteiger partial charge on any atom is 0.387 e. The zero-order valence-electron chi connectivity index (χ0n) is 16.5. The molecule has 0 saturated carbocycles. The summed E-state index contributed by atoms with van der Waals surface area (Å²) in [6, 6.07) is 9.70. The lowest BCUT2D eigenvalue weighted by atomic mass is 10.1.